The lowest BCUT2D eigenvalue weighted by molar-refractivity contribution is 0.173. The van der Waals surface area contributed by atoms with Gasteiger partial charge in [0.25, 0.3) is 0 Å². The van der Waals surface area contributed by atoms with Gasteiger partial charge in [0.1, 0.15) is 5.82 Å². The molecule has 1 aliphatic rings. The van der Waals surface area contributed by atoms with Gasteiger partial charge in [0.15, 0.2) is 0 Å². The summed E-state index contributed by atoms with van der Waals surface area (Å²) in [7, 11) is 0. The Labute approximate surface area is 119 Å². The van der Waals surface area contributed by atoms with Crippen molar-refractivity contribution in [1.82, 2.24) is 4.90 Å². The molecule has 1 saturated heterocycles. The molecule has 1 aliphatic heterocycles. The normalized spacial score (nSPS) is 24.1. The van der Waals surface area contributed by atoms with E-state index in [1.54, 1.807) is 6.07 Å². The minimum atomic E-state index is -0.137. The molecule has 0 saturated carbocycles. The van der Waals surface area contributed by atoms with Crippen LogP contribution in [0.15, 0.2) is 24.3 Å². The van der Waals surface area contributed by atoms with E-state index in [1.165, 1.54) is 6.07 Å². The van der Waals surface area contributed by atoms with Gasteiger partial charge in [-0.05, 0) is 12.5 Å². The summed E-state index contributed by atoms with van der Waals surface area (Å²) in [4.78, 5) is 2.35. The van der Waals surface area contributed by atoms with Crippen LogP contribution in [0.25, 0.3) is 0 Å². The maximum absolute atomic E-state index is 14.1. The molecule has 0 spiro atoms. The summed E-state index contributed by atoms with van der Waals surface area (Å²) in [5.41, 5.74) is 7.03. The SMILES string of the molecule is CCC(N)C(c1ccccc1F)N1CCSC(C)C1. The van der Waals surface area contributed by atoms with Gasteiger partial charge in [-0.1, -0.05) is 32.0 Å². The fraction of sp³-hybridized carbons (Fsp3) is 0.600. The van der Waals surface area contributed by atoms with Crippen LogP contribution in [0.3, 0.4) is 0 Å². The Morgan fingerprint density at radius 3 is 2.84 bits per heavy atom. The smallest absolute Gasteiger partial charge is 0.128 e. The third-order valence-corrected chi connectivity index (χ3v) is 4.90. The summed E-state index contributed by atoms with van der Waals surface area (Å²) < 4.78 is 14.1. The molecule has 0 bridgehead atoms. The van der Waals surface area contributed by atoms with E-state index in [-0.39, 0.29) is 17.9 Å². The van der Waals surface area contributed by atoms with E-state index >= 15 is 0 Å². The minimum absolute atomic E-state index is 0.00505. The van der Waals surface area contributed by atoms with Gasteiger partial charge >= 0.3 is 0 Å². The average molecular weight is 282 g/mol. The van der Waals surface area contributed by atoms with Crippen molar-refractivity contribution in [2.75, 3.05) is 18.8 Å². The Bertz CT molecular complexity index is 413. The van der Waals surface area contributed by atoms with Crippen LogP contribution in [0.4, 0.5) is 4.39 Å². The van der Waals surface area contributed by atoms with Crippen molar-refractivity contribution in [3.63, 3.8) is 0 Å². The molecule has 2 nitrogen and oxygen atoms in total. The van der Waals surface area contributed by atoms with Crippen molar-refractivity contribution < 1.29 is 4.39 Å². The molecule has 1 aromatic rings. The third-order valence-electron chi connectivity index (χ3n) is 3.77. The van der Waals surface area contributed by atoms with Crippen molar-refractivity contribution in [3.8, 4) is 0 Å². The highest BCUT2D eigenvalue weighted by molar-refractivity contribution is 7.99. The predicted octanol–water partition coefficient (Wildman–Crippen LogP) is 3.04. The summed E-state index contributed by atoms with van der Waals surface area (Å²) in [5.74, 6) is 0.963. The van der Waals surface area contributed by atoms with Gasteiger partial charge in [-0.15, -0.1) is 0 Å². The first-order valence-corrected chi connectivity index (χ1v) is 8.04. The van der Waals surface area contributed by atoms with Crippen LogP contribution in [-0.2, 0) is 0 Å². The maximum Gasteiger partial charge on any atom is 0.128 e. The first-order valence-electron chi connectivity index (χ1n) is 6.99. The van der Waals surface area contributed by atoms with E-state index < -0.39 is 0 Å². The maximum atomic E-state index is 14.1. The average Bonchev–Trinajstić information content (AvgIpc) is 2.41. The molecule has 2 rings (SSSR count). The van der Waals surface area contributed by atoms with Gasteiger partial charge in [-0.3, -0.25) is 4.90 Å². The van der Waals surface area contributed by atoms with Crippen LogP contribution < -0.4 is 5.73 Å². The second-order valence-electron chi connectivity index (χ2n) is 5.21. The monoisotopic (exact) mass is 282 g/mol. The summed E-state index contributed by atoms with van der Waals surface area (Å²) in [5, 5.41) is 0.590. The molecular formula is C15H23FN2S. The molecule has 2 N–H and O–H groups in total. The number of hydrogen-bond donors (Lipinski definition) is 1. The Morgan fingerprint density at radius 2 is 2.21 bits per heavy atom. The zero-order valence-electron chi connectivity index (χ0n) is 11.7. The number of hydrogen-bond acceptors (Lipinski definition) is 3. The van der Waals surface area contributed by atoms with Gasteiger partial charge in [0, 0.05) is 35.7 Å². The second kappa shape index (κ2) is 6.73. The van der Waals surface area contributed by atoms with Crippen LogP contribution in [0.2, 0.25) is 0 Å². The summed E-state index contributed by atoms with van der Waals surface area (Å²) in [6, 6.07) is 7.02. The molecule has 3 unspecified atom stereocenters. The molecule has 0 aliphatic carbocycles. The largest absolute Gasteiger partial charge is 0.326 e. The number of halogens is 1. The lowest BCUT2D eigenvalue weighted by Crippen LogP contribution is -2.46. The molecule has 1 fully saturated rings. The summed E-state index contributed by atoms with van der Waals surface area (Å²) >= 11 is 1.98. The molecule has 0 aromatic heterocycles. The molecule has 3 atom stereocenters. The van der Waals surface area contributed by atoms with Crippen molar-refractivity contribution in [2.45, 2.75) is 37.6 Å². The quantitative estimate of drug-likeness (QED) is 0.920. The number of nitrogens with zero attached hydrogens (tertiary/aromatic N) is 1. The molecule has 1 heterocycles. The van der Waals surface area contributed by atoms with Gasteiger partial charge in [-0.2, -0.15) is 11.8 Å². The Balaban J connectivity index is 2.28. The Morgan fingerprint density at radius 1 is 1.47 bits per heavy atom. The van der Waals surface area contributed by atoms with E-state index in [1.807, 2.05) is 23.9 Å². The van der Waals surface area contributed by atoms with Crippen LogP contribution in [0.5, 0.6) is 0 Å². The number of rotatable bonds is 4. The molecule has 106 valence electrons. The van der Waals surface area contributed by atoms with Gasteiger partial charge in [-0.25, -0.2) is 4.39 Å². The zero-order chi connectivity index (χ0) is 13.8. The first-order chi connectivity index (χ1) is 9.13. The lowest BCUT2D eigenvalue weighted by atomic mass is 9.95. The summed E-state index contributed by atoms with van der Waals surface area (Å²) in [6.45, 7) is 6.27. The molecule has 0 amide bonds. The molecular weight excluding hydrogens is 259 g/mol. The van der Waals surface area contributed by atoms with E-state index in [2.05, 4.69) is 18.7 Å². The second-order valence-corrected chi connectivity index (χ2v) is 6.76. The predicted molar refractivity (Wildman–Crippen MR) is 80.9 cm³/mol. The number of benzene rings is 1. The third kappa shape index (κ3) is 3.50. The van der Waals surface area contributed by atoms with Crippen LogP contribution >= 0.6 is 11.8 Å². The van der Waals surface area contributed by atoms with Crippen molar-refractivity contribution in [3.05, 3.63) is 35.6 Å². The van der Waals surface area contributed by atoms with E-state index in [0.29, 0.717) is 5.25 Å². The summed E-state index contributed by atoms with van der Waals surface area (Å²) in [6.07, 6.45) is 0.858. The molecule has 0 radical (unpaired) electrons. The van der Waals surface area contributed by atoms with Crippen molar-refractivity contribution >= 4 is 11.8 Å². The standard InChI is InChI=1S/C15H23FN2S/c1-3-14(17)15(12-6-4-5-7-13(12)16)18-8-9-19-11(2)10-18/h4-7,11,14-15H,3,8-10,17H2,1-2H3. The van der Waals surface area contributed by atoms with Gasteiger partial charge in [0.05, 0.1) is 6.04 Å². The van der Waals surface area contributed by atoms with Gasteiger partial charge < -0.3 is 5.73 Å². The van der Waals surface area contributed by atoms with Crippen molar-refractivity contribution in [2.24, 2.45) is 5.73 Å². The first kappa shape index (κ1) is 14.8. The fourth-order valence-electron chi connectivity index (χ4n) is 2.73. The highest BCUT2D eigenvalue weighted by atomic mass is 32.2. The van der Waals surface area contributed by atoms with Crippen LogP contribution in [0, 0.1) is 5.82 Å². The zero-order valence-corrected chi connectivity index (χ0v) is 12.5. The highest BCUT2D eigenvalue weighted by Gasteiger charge is 2.30. The van der Waals surface area contributed by atoms with Crippen LogP contribution in [-0.4, -0.2) is 35.0 Å². The molecule has 4 heteroatoms. The lowest BCUT2D eigenvalue weighted by Gasteiger charge is -2.40. The highest BCUT2D eigenvalue weighted by Crippen LogP contribution is 2.31. The fourth-order valence-corrected chi connectivity index (χ4v) is 3.77. The van der Waals surface area contributed by atoms with Crippen molar-refractivity contribution in [1.29, 1.82) is 0 Å². The number of thioether (sulfide) groups is 1. The Hall–Kier alpha value is -0.580. The number of nitrogens with two attached hydrogens (primary N) is 1. The minimum Gasteiger partial charge on any atom is -0.326 e. The van der Waals surface area contributed by atoms with E-state index in [0.717, 1.165) is 30.8 Å². The van der Waals surface area contributed by atoms with E-state index in [9.17, 15) is 4.39 Å². The van der Waals surface area contributed by atoms with E-state index in [4.69, 9.17) is 5.73 Å². The molecule has 19 heavy (non-hydrogen) atoms. The Kier molecular flexibility index (Phi) is 5.25. The topological polar surface area (TPSA) is 29.3 Å². The van der Waals surface area contributed by atoms with Gasteiger partial charge in [0.2, 0.25) is 0 Å². The molecule has 1 aromatic carbocycles. The van der Waals surface area contributed by atoms with Crippen LogP contribution in [0.1, 0.15) is 31.9 Å².